The van der Waals surface area contributed by atoms with Crippen LogP contribution in [-0.4, -0.2) is 50.0 Å². The number of rotatable bonds is 3. The van der Waals surface area contributed by atoms with E-state index in [9.17, 15) is 14.0 Å². The number of carbonyl (C=O) groups is 2. The quantitative estimate of drug-likeness (QED) is 0.912. The van der Waals surface area contributed by atoms with Gasteiger partial charge in [-0.1, -0.05) is 22.9 Å². The van der Waals surface area contributed by atoms with E-state index in [1.807, 2.05) is 0 Å². The Bertz CT molecular complexity index is 795. The van der Waals surface area contributed by atoms with Gasteiger partial charge < -0.3 is 10.0 Å². The number of aromatic nitrogens is 3. The van der Waals surface area contributed by atoms with E-state index >= 15 is 0 Å². The Hall–Kier alpha value is -2.48. The van der Waals surface area contributed by atoms with Gasteiger partial charge >= 0.3 is 5.97 Å². The van der Waals surface area contributed by atoms with E-state index in [0.29, 0.717) is 19.4 Å². The molecule has 0 aliphatic carbocycles. The Morgan fingerprint density at radius 3 is 2.92 bits per heavy atom. The number of carbonyl (C=O) groups excluding carboxylic acids is 1. The van der Waals surface area contributed by atoms with E-state index in [4.69, 9.17) is 16.7 Å². The molecule has 0 radical (unpaired) electrons. The average molecular weight is 353 g/mol. The van der Waals surface area contributed by atoms with Gasteiger partial charge in [-0.3, -0.25) is 9.59 Å². The summed E-state index contributed by atoms with van der Waals surface area (Å²) in [4.78, 5) is 25.0. The van der Waals surface area contributed by atoms with Crippen molar-refractivity contribution in [1.82, 2.24) is 19.9 Å². The lowest BCUT2D eigenvalue weighted by Crippen LogP contribution is -2.42. The monoisotopic (exact) mass is 352 g/mol. The second-order valence-corrected chi connectivity index (χ2v) is 5.96. The van der Waals surface area contributed by atoms with Crippen LogP contribution in [0.4, 0.5) is 4.39 Å². The zero-order valence-electron chi connectivity index (χ0n) is 12.5. The zero-order chi connectivity index (χ0) is 17.3. The molecule has 1 saturated heterocycles. The minimum Gasteiger partial charge on any atom is -0.481 e. The Morgan fingerprint density at radius 1 is 1.38 bits per heavy atom. The number of halogens is 2. The van der Waals surface area contributed by atoms with Crippen molar-refractivity contribution in [3.63, 3.8) is 0 Å². The van der Waals surface area contributed by atoms with Gasteiger partial charge in [0.2, 0.25) is 0 Å². The van der Waals surface area contributed by atoms with E-state index in [2.05, 4.69) is 10.3 Å². The summed E-state index contributed by atoms with van der Waals surface area (Å²) in [5.74, 6) is -2.58. The molecule has 1 aliphatic heterocycles. The number of aliphatic carboxylic acids is 1. The van der Waals surface area contributed by atoms with Crippen LogP contribution in [0, 0.1) is 11.7 Å². The first kappa shape index (κ1) is 16.4. The van der Waals surface area contributed by atoms with Crippen LogP contribution >= 0.6 is 11.6 Å². The first-order valence-corrected chi connectivity index (χ1v) is 7.74. The van der Waals surface area contributed by atoms with Crippen molar-refractivity contribution in [2.75, 3.05) is 13.1 Å². The van der Waals surface area contributed by atoms with Gasteiger partial charge in [-0.25, -0.2) is 9.07 Å². The normalized spacial score (nSPS) is 17.8. The fourth-order valence-corrected chi connectivity index (χ4v) is 2.84. The fraction of sp³-hybridized carbons (Fsp3) is 0.333. The molecular weight excluding hydrogens is 339 g/mol. The van der Waals surface area contributed by atoms with Crippen molar-refractivity contribution in [3.05, 3.63) is 40.9 Å². The minimum atomic E-state index is -0.919. The Balaban J connectivity index is 1.81. The largest absolute Gasteiger partial charge is 0.481 e. The number of amides is 1. The third kappa shape index (κ3) is 3.09. The zero-order valence-corrected chi connectivity index (χ0v) is 13.3. The van der Waals surface area contributed by atoms with E-state index < -0.39 is 23.6 Å². The third-order valence-corrected chi connectivity index (χ3v) is 4.24. The Kier molecular flexibility index (Phi) is 4.48. The molecule has 3 rings (SSSR count). The molecule has 126 valence electrons. The maximum atomic E-state index is 14.0. The van der Waals surface area contributed by atoms with Crippen LogP contribution in [0.1, 0.15) is 23.3 Å². The molecule has 1 fully saturated rings. The van der Waals surface area contributed by atoms with Crippen molar-refractivity contribution < 1.29 is 19.1 Å². The highest BCUT2D eigenvalue weighted by molar-refractivity contribution is 6.30. The van der Waals surface area contributed by atoms with Crippen LogP contribution in [0.15, 0.2) is 24.4 Å². The summed E-state index contributed by atoms with van der Waals surface area (Å²) >= 11 is 5.73. The number of benzene rings is 1. The first-order chi connectivity index (χ1) is 11.5. The van der Waals surface area contributed by atoms with E-state index in [1.165, 1.54) is 23.2 Å². The summed E-state index contributed by atoms with van der Waals surface area (Å²) < 4.78 is 15.1. The van der Waals surface area contributed by atoms with Crippen LogP contribution in [0.5, 0.6) is 0 Å². The lowest BCUT2D eigenvalue weighted by atomic mass is 9.98. The number of nitrogens with zero attached hydrogens (tertiary/aromatic N) is 4. The van der Waals surface area contributed by atoms with Crippen LogP contribution in [0.3, 0.4) is 0 Å². The highest BCUT2D eigenvalue weighted by Crippen LogP contribution is 2.22. The number of hydrogen-bond donors (Lipinski definition) is 1. The number of carboxylic acid groups (broad SMARTS) is 1. The summed E-state index contributed by atoms with van der Waals surface area (Å²) in [7, 11) is 0. The second-order valence-electron chi connectivity index (χ2n) is 5.55. The lowest BCUT2D eigenvalue weighted by molar-refractivity contribution is -0.143. The molecule has 9 heteroatoms. The summed E-state index contributed by atoms with van der Waals surface area (Å²) in [5.41, 5.74) is 0.108. The molecule has 7 nitrogen and oxygen atoms in total. The highest BCUT2D eigenvalue weighted by Gasteiger charge is 2.30. The molecule has 1 aromatic heterocycles. The minimum absolute atomic E-state index is 0.0282. The van der Waals surface area contributed by atoms with Gasteiger partial charge in [0.15, 0.2) is 11.5 Å². The molecule has 1 atom stereocenters. The number of hydrogen-bond acceptors (Lipinski definition) is 4. The Morgan fingerprint density at radius 2 is 2.17 bits per heavy atom. The predicted octanol–water partition coefficient (Wildman–Crippen LogP) is 2.00. The molecule has 0 spiro atoms. The summed E-state index contributed by atoms with van der Waals surface area (Å²) in [6, 6.07) is 4.43. The van der Waals surface area contributed by atoms with Gasteiger partial charge in [-0.2, -0.15) is 0 Å². The predicted molar refractivity (Wildman–Crippen MR) is 82.6 cm³/mol. The molecule has 0 saturated carbocycles. The molecule has 24 heavy (non-hydrogen) atoms. The molecule has 1 aliphatic rings. The lowest BCUT2D eigenvalue weighted by Gasteiger charge is -2.29. The maximum Gasteiger partial charge on any atom is 0.308 e. The summed E-state index contributed by atoms with van der Waals surface area (Å²) in [6.07, 6.45) is 2.46. The van der Waals surface area contributed by atoms with Crippen LogP contribution in [0.2, 0.25) is 5.02 Å². The van der Waals surface area contributed by atoms with Crippen molar-refractivity contribution in [3.8, 4) is 5.69 Å². The fourth-order valence-electron chi connectivity index (χ4n) is 2.67. The van der Waals surface area contributed by atoms with Gasteiger partial charge in [0, 0.05) is 13.1 Å². The third-order valence-electron chi connectivity index (χ3n) is 3.95. The SMILES string of the molecule is O=C(O)[C@H]1CCCN(C(=O)c2cn(-c3cccc(Cl)c3F)nn2)C1. The molecule has 1 aromatic carbocycles. The topological polar surface area (TPSA) is 88.3 Å². The van der Waals surface area contributed by atoms with Gasteiger partial charge in [-0.15, -0.1) is 5.10 Å². The number of likely N-dealkylation sites (tertiary alicyclic amines) is 1. The first-order valence-electron chi connectivity index (χ1n) is 7.36. The molecule has 1 amide bonds. The standard InChI is InChI=1S/C15H14ClFN4O3/c16-10-4-1-5-12(13(10)17)21-8-11(18-19-21)14(22)20-6-2-3-9(7-20)15(23)24/h1,4-5,8-9H,2-3,6-7H2,(H,23,24)/t9-/m0/s1. The van der Waals surface area contributed by atoms with Crippen molar-refractivity contribution in [2.45, 2.75) is 12.8 Å². The number of piperidine rings is 1. The van der Waals surface area contributed by atoms with Crippen LogP contribution < -0.4 is 0 Å². The molecular formula is C15H14ClFN4O3. The summed E-state index contributed by atoms with van der Waals surface area (Å²) in [5, 5.41) is 16.6. The molecule has 2 heterocycles. The van der Waals surface area contributed by atoms with Gasteiger partial charge in [0.05, 0.1) is 17.1 Å². The second kappa shape index (κ2) is 6.56. The van der Waals surface area contributed by atoms with Crippen molar-refractivity contribution in [1.29, 1.82) is 0 Å². The van der Waals surface area contributed by atoms with Crippen molar-refractivity contribution >= 4 is 23.5 Å². The van der Waals surface area contributed by atoms with Gasteiger partial charge in [0.25, 0.3) is 5.91 Å². The molecule has 0 unspecified atom stereocenters. The van der Waals surface area contributed by atoms with Gasteiger partial charge in [0.1, 0.15) is 5.69 Å². The Labute approximate surface area is 141 Å². The van der Waals surface area contributed by atoms with Crippen LogP contribution in [-0.2, 0) is 4.79 Å². The average Bonchev–Trinajstić information content (AvgIpc) is 3.06. The van der Waals surface area contributed by atoms with Gasteiger partial charge in [-0.05, 0) is 25.0 Å². The van der Waals surface area contributed by atoms with E-state index in [1.54, 1.807) is 6.07 Å². The van der Waals surface area contributed by atoms with E-state index in [-0.39, 0.29) is 22.9 Å². The highest BCUT2D eigenvalue weighted by atomic mass is 35.5. The molecule has 0 bridgehead atoms. The smallest absolute Gasteiger partial charge is 0.308 e. The molecule has 1 N–H and O–H groups in total. The van der Waals surface area contributed by atoms with Crippen LogP contribution in [0.25, 0.3) is 5.69 Å². The number of carboxylic acids is 1. The molecule has 2 aromatic rings. The van der Waals surface area contributed by atoms with E-state index in [0.717, 1.165) is 4.68 Å². The summed E-state index contributed by atoms with van der Waals surface area (Å²) in [6.45, 7) is 0.591. The maximum absolute atomic E-state index is 14.0. The van der Waals surface area contributed by atoms with Crippen molar-refractivity contribution in [2.24, 2.45) is 5.92 Å².